The Morgan fingerprint density at radius 2 is 2.05 bits per heavy atom. The molecule has 1 fully saturated rings. The summed E-state index contributed by atoms with van der Waals surface area (Å²) in [5.41, 5.74) is 2.34. The van der Waals surface area contributed by atoms with Crippen LogP contribution in [0.4, 0.5) is 4.79 Å². The Bertz CT molecular complexity index is 694. The largest absolute Gasteiger partial charge is 0.439 e. The van der Waals surface area contributed by atoms with E-state index >= 15 is 0 Å². The minimum absolute atomic E-state index is 0.0172. The van der Waals surface area contributed by atoms with Gasteiger partial charge in [-0.05, 0) is 31.0 Å². The van der Waals surface area contributed by atoms with Gasteiger partial charge in [0.1, 0.15) is 6.04 Å². The van der Waals surface area contributed by atoms with E-state index in [9.17, 15) is 4.79 Å². The highest BCUT2D eigenvalue weighted by Crippen LogP contribution is 2.49. The van der Waals surface area contributed by atoms with Crippen LogP contribution in [0.1, 0.15) is 40.0 Å². The third-order valence-corrected chi connectivity index (χ3v) is 5.48. The van der Waals surface area contributed by atoms with Crippen molar-refractivity contribution in [2.24, 2.45) is 0 Å². The minimum atomic E-state index is -0.200. The molecule has 108 valence electrons. The van der Waals surface area contributed by atoms with Gasteiger partial charge in [0.15, 0.2) is 6.10 Å². The van der Waals surface area contributed by atoms with Crippen molar-refractivity contribution in [1.82, 2.24) is 4.90 Å². The van der Waals surface area contributed by atoms with Crippen LogP contribution in [0.25, 0.3) is 0 Å². The monoisotopic (exact) mass is 299 g/mol. The molecule has 0 aliphatic carbocycles. The summed E-state index contributed by atoms with van der Waals surface area (Å²) >= 11 is 1.85. The van der Waals surface area contributed by atoms with E-state index in [1.807, 2.05) is 46.6 Å². The van der Waals surface area contributed by atoms with Gasteiger partial charge < -0.3 is 4.74 Å². The smallest absolute Gasteiger partial charge is 0.411 e. The molecule has 2 aliphatic rings. The Labute approximate surface area is 128 Å². The molecule has 4 heteroatoms. The van der Waals surface area contributed by atoms with Crippen LogP contribution in [0.3, 0.4) is 0 Å². The molecule has 3 nitrogen and oxygen atoms in total. The van der Waals surface area contributed by atoms with E-state index in [1.54, 1.807) is 0 Å². The Kier molecular flexibility index (Phi) is 2.82. The molecular weight excluding hydrogens is 282 g/mol. The highest BCUT2D eigenvalue weighted by Gasteiger charge is 2.49. The first kappa shape index (κ1) is 12.9. The molecule has 1 saturated heterocycles. The van der Waals surface area contributed by atoms with Crippen molar-refractivity contribution in [2.45, 2.75) is 38.5 Å². The highest BCUT2D eigenvalue weighted by atomic mass is 32.1. The summed E-state index contributed by atoms with van der Waals surface area (Å²) in [5.74, 6) is 0. The van der Waals surface area contributed by atoms with E-state index < -0.39 is 0 Å². The number of cyclic esters (lactones) is 1. The lowest BCUT2D eigenvalue weighted by Gasteiger charge is -2.34. The van der Waals surface area contributed by atoms with Crippen LogP contribution in [0.5, 0.6) is 0 Å². The molecule has 3 atom stereocenters. The van der Waals surface area contributed by atoms with Gasteiger partial charge in [-0.2, -0.15) is 0 Å². The van der Waals surface area contributed by atoms with Gasteiger partial charge in [0.05, 0.1) is 0 Å². The van der Waals surface area contributed by atoms with E-state index in [-0.39, 0.29) is 24.3 Å². The SMILES string of the molecule is Cc1cc2c(s1)C[C@@H](C)N1C(=O)O[C@@H](c3ccccc3)[C@H]21. The van der Waals surface area contributed by atoms with Crippen molar-refractivity contribution in [1.29, 1.82) is 0 Å². The topological polar surface area (TPSA) is 29.5 Å². The first-order valence-corrected chi connectivity index (χ1v) is 8.10. The normalized spacial score (nSPS) is 27.2. The van der Waals surface area contributed by atoms with Gasteiger partial charge in [0, 0.05) is 22.2 Å². The van der Waals surface area contributed by atoms with E-state index in [4.69, 9.17) is 4.74 Å². The van der Waals surface area contributed by atoms with Crippen LogP contribution in [0, 0.1) is 6.92 Å². The second-order valence-electron chi connectivity index (χ2n) is 5.86. The minimum Gasteiger partial charge on any atom is -0.439 e. The molecule has 0 unspecified atom stereocenters. The fourth-order valence-corrected chi connectivity index (χ4v) is 4.71. The molecule has 0 saturated carbocycles. The first-order chi connectivity index (χ1) is 10.1. The van der Waals surface area contributed by atoms with Crippen molar-refractivity contribution in [3.63, 3.8) is 0 Å². The second kappa shape index (κ2) is 4.60. The number of ether oxygens (including phenoxy) is 1. The zero-order chi connectivity index (χ0) is 14.6. The Hall–Kier alpha value is -1.81. The van der Waals surface area contributed by atoms with Gasteiger partial charge >= 0.3 is 6.09 Å². The standard InChI is InChI=1S/C17H17NO2S/c1-10-8-14-13(9-11(2)21-14)15-16(20-17(19)18(10)15)12-6-4-3-5-7-12/h3-7,9-10,15-16H,8H2,1-2H3/t10-,15+,16+/m1/s1. The molecule has 0 spiro atoms. The zero-order valence-electron chi connectivity index (χ0n) is 12.1. The number of carbonyl (C=O) groups excluding carboxylic acids is 1. The molecular formula is C17H17NO2S. The number of aryl methyl sites for hydroxylation is 1. The van der Waals surface area contributed by atoms with Crippen LogP contribution < -0.4 is 0 Å². The fraction of sp³-hybridized carbons (Fsp3) is 0.353. The summed E-state index contributed by atoms with van der Waals surface area (Å²) in [4.78, 5) is 17.0. The van der Waals surface area contributed by atoms with Crippen LogP contribution >= 0.6 is 11.3 Å². The summed E-state index contributed by atoms with van der Waals surface area (Å²) in [5, 5.41) is 0. The maximum Gasteiger partial charge on any atom is 0.411 e. The van der Waals surface area contributed by atoms with Crippen molar-refractivity contribution >= 4 is 17.4 Å². The number of carbonyl (C=O) groups is 1. The van der Waals surface area contributed by atoms with Crippen molar-refractivity contribution < 1.29 is 9.53 Å². The van der Waals surface area contributed by atoms with Crippen LogP contribution in [0.2, 0.25) is 0 Å². The number of thiophene rings is 1. The summed E-state index contributed by atoms with van der Waals surface area (Å²) in [7, 11) is 0. The molecule has 0 N–H and O–H groups in total. The maximum absolute atomic E-state index is 12.3. The molecule has 0 bridgehead atoms. The molecule has 1 aromatic carbocycles. The Morgan fingerprint density at radius 1 is 1.29 bits per heavy atom. The molecule has 21 heavy (non-hydrogen) atoms. The summed E-state index contributed by atoms with van der Waals surface area (Å²) in [6.45, 7) is 4.24. The Balaban J connectivity index is 1.84. The average molecular weight is 299 g/mol. The highest BCUT2D eigenvalue weighted by molar-refractivity contribution is 7.12. The van der Waals surface area contributed by atoms with E-state index in [0.29, 0.717) is 0 Å². The van der Waals surface area contributed by atoms with Crippen molar-refractivity contribution in [2.75, 3.05) is 0 Å². The van der Waals surface area contributed by atoms with Crippen molar-refractivity contribution in [3.05, 3.63) is 57.3 Å². The van der Waals surface area contributed by atoms with Gasteiger partial charge in [0.25, 0.3) is 0 Å². The number of nitrogens with zero attached hydrogens (tertiary/aromatic N) is 1. The number of hydrogen-bond donors (Lipinski definition) is 0. The number of amides is 1. The molecule has 4 rings (SSSR count). The number of rotatable bonds is 1. The van der Waals surface area contributed by atoms with Gasteiger partial charge in [-0.25, -0.2) is 4.79 Å². The molecule has 0 radical (unpaired) electrons. The number of hydrogen-bond acceptors (Lipinski definition) is 3. The lowest BCUT2D eigenvalue weighted by Crippen LogP contribution is -2.40. The number of benzene rings is 1. The van der Waals surface area contributed by atoms with Gasteiger partial charge in [-0.15, -0.1) is 11.3 Å². The van der Waals surface area contributed by atoms with Crippen LogP contribution in [0.15, 0.2) is 36.4 Å². The molecule has 1 amide bonds. The lowest BCUT2D eigenvalue weighted by atomic mass is 9.90. The molecule has 2 aromatic rings. The predicted octanol–water partition coefficient (Wildman–Crippen LogP) is 4.24. The molecule has 3 heterocycles. The summed E-state index contributed by atoms with van der Waals surface area (Å²) in [6, 6.07) is 12.5. The summed E-state index contributed by atoms with van der Waals surface area (Å²) < 4.78 is 5.72. The Morgan fingerprint density at radius 3 is 2.81 bits per heavy atom. The predicted molar refractivity (Wildman–Crippen MR) is 82.5 cm³/mol. The molecule has 2 aliphatic heterocycles. The summed E-state index contributed by atoms with van der Waals surface area (Å²) in [6.07, 6.45) is 0.547. The average Bonchev–Trinajstić information content (AvgIpc) is 3.00. The lowest BCUT2D eigenvalue weighted by molar-refractivity contribution is 0.128. The van der Waals surface area contributed by atoms with Gasteiger partial charge in [0.2, 0.25) is 0 Å². The third-order valence-electron chi connectivity index (χ3n) is 4.39. The fourth-order valence-electron chi connectivity index (χ4n) is 3.51. The second-order valence-corrected chi connectivity index (χ2v) is 7.20. The maximum atomic E-state index is 12.3. The quantitative estimate of drug-likeness (QED) is 0.788. The van der Waals surface area contributed by atoms with Crippen LogP contribution in [-0.2, 0) is 11.2 Å². The van der Waals surface area contributed by atoms with Crippen molar-refractivity contribution in [3.8, 4) is 0 Å². The van der Waals surface area contributed by atoms with E-state index in [2.05, 4.69) is 19.9 Å². The van der Waals surface area contributed by atoms with E-state index in [0.717, 1.165) is 12.0 Å². The molecule has 1 aromatic heterocycles. The van der Waals surface area contributed by atoms with E-state index in [1.165, 1.54) is 15.3 Å². The third kappa shape index (κ3) is 1.89. The first-order valence-electron chi connectivity index (χ1n) is 7.28. The zero-order valence-corrected chi connectivity index (χ0v) is 12.9. The number of fused-ring (bicyclic) bond motifs is 3. The van der Waals surface area contributed by atoms with Gasteiger partial charge in [-0.1, -0.05) is 30.3 Å². The van der Waals surface area contributed by atoms with Crippen LogP contribution in [-0.4, -0.2) is 17.0 Å². The van der Waals surface area contributed by atoms with Gasteiger partial charge in [-0.3, -0.25) is 4.90 Å².